The molecule has 1 aromatic rings. The third-order valence-corrected chi connectivity index (χ3v) is 3.06. The largest absolute Gasteiger partial charge is 0.496 e. The molecular weight excluding hydrogens is 226 g/mol. The number of nitrogens with one attached hydrogen (secondary N) is 1. The summed E-state index contributed by atoms with van der Waals surface area (Å²) in [7, 11) is 1.69. The zero-order valence-corrected chi connectivity index (χ0v) is 11.7. The molecule has 0 saturated heterocycles. The van der Waals surface area contributed by atoms with Gasteiger partial charge in [-0.25, -0.2) is 0 Å². The van der Waals surface area contributed by atoms with Crippen LogP contribution in [0.15, 0.2) is 24.3 Å². The van der Waals surface area contributed by atoms with E-state index in [1.165, 1.54) is 5.56 Å². The third kappa shape index (κ3) is 4.15. The van der Waals surface area contributed by atoms with Crippen LogP contribution in [0.4, 0.5) is 0 Å². The van der Waals surface area contributed by atoms with Crippen molar-refractivity contribution in [3.05, 3.63) is 29.8 Å². The summed E-state index contributed by atoms with van der Waals surface area (Å²) in [6.07, 6.45) is 0.585. The molecule has 3 heteroatoms. The fraction of sp³-hybridized carbons (Fsp3) is 0.533. The van der Waals surface area contributed by atoms with E-state index in [0.717, 1.165) is 18.8 Å². The van der Waals surface area contributed by atoms with Crippen LogP contribution in [-0.2, 0) is 10.2 Å². The second kappa shape index (κ2) is 6.55. The highest BCUT2D eigenvalue weighted by Gasteiger charge is 2.23. The van der Waals surface area contributed by atoms with Crippen LogP contribution in [0.1, 0.15) is 32.8 Å². The van der Waals surface area contributed by atoms with E-state index in [0.29, 0.717) is 6.42 Å². The number of ether oxygens (including phenoxy) is 1. The molecule has 0 aromatic heterocycles. The first kappa shape index (κ1) is 14.7. The molecule has 0 aliphatic carbocycles. The van der Waals surface area contributed by atoms with Crippen molar-refractivity contribution in [3.63, 3.8) is 0 Å². The molecule has 1 aromatic carbocycles. The molecule has 0 radical (unpaired) electrons. The van der Waals surface area contributed by atoms with Gasteiger partial charge in [0.1, 0.15) is 11.5 Å². The molecule has 0 aliphatic heterocycles. The Kier molecular flexibility index (Phi) is 5.35. The van der Waals surface area contributed by atoms with Crippen LogP contribution < -0.4 is 10.1 Å². The molecular formula is C15H23NO2. The summed E-state index contributed by atoms with van der Waals surface area (Å²) in [4.78, 5) is 10.9. The van der Waals surface area contributed by atoms with Crippen LogP contribution in [0.3, 0.4) is 0 Å². The fourth-order valence-corrected chi connectivity index (χ4v) is 1.96. The Morgan fingerprint density at radius 3 is 2.61 bits per heavy atom. The summed E-state index contributed by atoms with van der Waals surface area (Å²) < 4.78 is 5.39. The molecule has 0 spiro atoms. The molecule has 0 saturated carbocycles. The number of ketones is 1. The quantitative estimate of drug-likeness (QED) is 0.755. The Bertz CT molecular complexity index is 399. The Morgan fingerprint density at radius 2 is 2.00 bits per heavy atom. The van der Waals surface area contributed by atoms with Crippen LogP contribution in [0.25, 0.3) is 0 Å². The summed E-state index contributed by atoms with van der Waals surface area (Å²) >= 11 is 0. The highest BCUT2D eigenvalue weighted by Crippen LogP contribution is 2.30. The van der Waals surface area contributed by atoms with E-state index in [4.69, 9.17) is 4.74 Å². The third-order valence-electron chi connectivity index (χ3n) is 3.06. The summed E-state index contributed by atoms with van der Waals surface area (Å²) in [5, 5.41) is 3.33. The average Bonchev–Trinajstić information content (AvgIpc) is 2.34. The van der Waals surface area contributed by atoms with Crippen LogP contribution in [0.2, 0.25) is 0 Å². The second-order valence-corrected chi connectivity index (χ2v) is 5.21. The van der Waals surface area contributed by atoms with Crippen molar-refractivity contribution in [3.8, 4) is 5.75 Å². The van der Waals surface area contributed by atoms with Gasteiger partial charge in [0.05, 0.1) is 7.11 Å². The highest BCUT2D eigenvalue weighted by atomic mass is 16.5. The first-order valence-corrected chi connectivity index (χ1v) is 6.31. The number of hydrogen-bond donors (Lipinski definition) is 1. The minimum atomic E-state index is -0.0244. The van der Waals surface area contributed by atoms with E-state index in [9.17, 15) is 4.79 Å². The van der Waals surface area contributed by atoms with E-state index in [1.54, 1.807) is 14.0 Å². The van der Waals surface area contributed by atoms with E-state index in [2.05, 4.69) is 25.2 Å². The molecule has 0 aliphatic rings. The lowest BCUT2D eigenvalue weighted by Crippen LogP contribution is -2.34. The van der Waals surface area contributed by atoms with E-state index in [1.807, 2.05) is 18.2 Å². The smallest absolute Gasteiger partial charge is 0.131 e. The van der Waals surface area contributed by atoms with Crippen molar-refractivity contribution >= 4 is 5.78 Å². The summed E-state index contributed by atoms with van der Waals surface area (Å²) in [5.74, 6) is 1.13. The SMILES string of the molecule is COc1ccccc1C(C)(C)CNCCC(C)=O. The van der Waals surface area contributed by atoms with Gasteiger partial charge in [-0.05, 0) is 13.0 Å². The Labute approximate surface area is 110 Å². The number of methoxy groups -OCH3 is 1. The van der Waals surface area contributed by atoms with Gasteiger partial charge in [-0.2, -0.15) is 0 Å². The minimum Gasteiger partial charge on any atom is -0.496 e. The number of carbonyl (C=O) groups excluding carboxylic acids is 1. The highest BCUT2D eigenvalue weighted by molar-refractivity contribution is 5.75. The lowest BCUT2D eigenvalue weighted by molar-refractivity contribution is -0.116. The van der Waals surface area contributed by atoms with Crippen LogP contribution in [0.5, 0.6) is 5.75 Å². The topological polar surface area (TPSA) is 38.3 Å². The molecule has 0 atom stereocenters. The lowest BCUT2D eigenvalue weighted by Gasteiger charge is -2.27. The number of rotatable bonds is 7. The van der Waals surface area contributed by atoms with Crippen molar-refractivity contribution in [1.29, 1.82) is 0 Å². The molecule has 0 bridgehead atoms. The van der Waals surface area contributed by atoms with E-state index >= 15 is 0 Å². The maximum Gasteiger partial charge on any atom is 0.131 e. The summed E-state index contributed by atoms with van der Waals surface area (Å²) in [6, 6.07) is 8.06. The number of hydrogen-bond acceptors (Lipinski definition) is 3. The maximum absolute atomic E-state index is 10.9. The molecule has 1 rings (SSSR count). The maximum atomic E-state index is 10.9. The molecule has 0 unspecified atom stereocenters. The van der Waals surface area contributed by atoms with Crippen LogP contribution in [-0.4, -0.2) is 26.0 Å². The van der Waals surface area contributed by atoms with Crippen LogP contribution >= 0.6 is 0 Å². The lowest BCUT2D eigenvalue weighted by atomic mass is 9.84. The average molecular weight is 249 g/mol. The monoisotopic (exact) mass is 249 g/mol. The molecule has 0 heterocycles. The van der Waals surface area contributed by atoms with Gasteiger partial charge in [-0.1, -0.05) is 32.0 Å². The van der Waals surface area contributed by atoms with E-state index in [-0.39, 0.29) is 11.2 Å². The molecule has 0 fully saturated rings. The van der Waals surface area contributed by atoms with Gasteiger partial charge in [0.2, 0.25) is 0 Å². The molecule has 1 N–H and O–H groups in total. The summed E-state index contributed by atoms with van der Waals surface area (Å²) in [6.45, 7) is 7.51. The number of carbonyl (C=O) groups is 1. The van der Waals surface area contributed by atoms with Gasteiger partial charge in [0.25, 0.3) is 0 Å². The zero-order chi connectivity index (χ0) is 13.6. The first-order valence-electron chi connectivity index (χ1n) is 6.31. The van der Waals surface area contributed by atoms with Crippen molar-refractivity contribution in [2.24, 2.45) is 0 Å². The normalized spacial score (nSPS) is 11.3. The first-order chi connectivity index (χ1) is 8.47. The van der Waals surface area contributed by atoms with Crippen LogP contribution in [0, 0.1) is 0 Å². The Balaban J connectivity index is 2.64. The number of Topliss-reactive ketones (excluding diaryl/α,β-unsaturated/α-hetero) is 1. The summed E-state index contributed by atoms with van der Waals surface area (Å²) in [5.41, 5.74) is 1.16. The van der Waals surface area contributed by atoms with Gasteiger partial charge in [0.15, 0.2) is 0 Å². The van der Waals surface area contributed by atoms with Gasteiger partial charge < -0.3 is 10.1 Å². The Hall–Kier alpha value is -1.35. The molecule has 100 valence electrons. The fourth-order valence-electron chi connectivity index (χ4n) is 1.96. The van der Waals surface area contributed by atoms with Crippen molar-refractivity contribution < 1.29 is 9.53 Å². The number of benzene rings is 1. The Morgan fingerprint density at radius 1 is 1.33 bits per heavy atom. The van der Waals surface area contributed by atoms with Gasteiger partial charge in [-0.15, -0.1) is 0 Å². The van der Waals surface area contributed by atoms with E-state index < -0.39 is 0 Å². The van der Waals surface area contributed by atoms with Crippen molar-refractivity contribution in [2.45, 2.75) is 32.6 Å². The molecule has 3 nitrogen and oxygen atoms in total. The molecule has 0 amide bonds. The van der Waals surface area contributed by atoms with Gasteiger partial charge in [0, 0.05) is 30.5 Å². The van der Waals surface area contributed by atoms with Gasteiger partial charge in [-0.3, -0.25) is 4.79 Å². The predicted octanol–water partition coefficient (Wildman–Crippen LogP) is 2.54. The predicted molar refractivity (Wildman–Crippen MR) is 74.2 cm³/mol. The molecule has 18 heavy (non-hydrogen) atoms. The number of para-hydroxylation sites is 1. The zero-order valence-electron chi connectivity index (χ0n) is 11.7. The van der Waals surface area contributed by atoms with Crippen molar-refractivity contribution in [2.75, 3.05) is 20.2 Å². The standard InChI is InChI=1S/C15H23NO2/c1-12(17)9-10-16-11-15(2,3)13-7-5-6-8-14(13)18-4/h5-8,16H,9-11H2,1-4H3. The van der Waals surface area contributed by atoms with Gasteiger partial charge >= 0.3 is 0 Å². The second-order valence-electron chi connectivity index (χ2n) is 5.21. The minimum absolute atomic E-state index is 0.0244. The van der Waals surface area contributed by atoms with Crippen molar-refractivity contribution in [1.82, 2.24) is 5.32 Å².